The highest BCUT2D eigenvalue weighted by molar-refractivity contribution is 5.89. The van der Waals surface area contributed by atoms with Crippen LogP contribution in [-0.2, 0) is 23.7 Å². The number of ketones is 1. The van der Waals surface area contributed by atoms with Crippen molar-refractivity contribution in [3.63, 3.8) is 0 Å². The predicted octanol–water partition coefficient (Wildman–Crippen LogP) is 4.84. The second kappa shape index (κ2) is 12.3. The van der Waals surface area contributed by atoms with E-state index < -0.39 is 6.10 Å². The van der Waals surface area contributed by atoms with Crippen LogP contribution < -0.4 is 0 Å². The first-order valence-electron chi connectivity index (χ1n) is 13.6. The Labute approximate surface area is 210 Å². The number of aliphatic hydroxyl groups is 1. The molecule has 1 unspecified atom stereocenters. The molecule has 0 radical (unpaired) electrons. The molecule has 0 saturated carbocycles. The molecule has 0 spiro atoms. The van der Waals surface area contributed by atoms with Crippen LogP contribution in [0.1, 0.15) is 78.1 Å². The highest BCUT2D eigenvalue weighted by atomic mass is 16.6. The normalized spacial score (nSPS) is 39.1. The third-order valence-corrected chi connectivity index (χ3v) is 8.26. The summed E-state index contributed by atoms with van der Waals surface area (Å²) in [5, 5.41) is 10.5. The van der Waals surface area contributed by atoms with Gasteiger partial charge in [0.1, 0.15) is 0 Å². The highest BCUT2D eigenvalue weighted by Gasteiger charge is 2.36. The van der Waals surface area contributed by atoms with Crippen molar-refractivity contribution in [3.8, 4) is 0 Å². The Kier molecular flexibility index (Phi) is 9.39. The number of hydrogen-bond donors (Lipinski definition) is 1. The molecule has 0 amide bonds. The van der Waals surface area contributed by atoms with Gasteiger partial charge >= 0.3 is 0 Å². The van der Waals surface area contributed by atoms with E-state index in [1.807, 2.05) is 0 Å². The maximum Gasteiger partial charge on any atom is 0.155 e. The van der Waals surface area contributed by atoms with E-state index in [9.17, 15) is 9.90 Å². The first-order valence-corrected chi connectivity index (χ1v) is 13.6. The molecule has 0 aromatic rings. The molecule has 0 aromatic heterocycles. The number of fused-ring (bicyclic) bond motifs is 1. The Balaban J connectivity index is 1.14. The van der Waals surface area contributed by atoms with Crippen LogP contribution in [0.2, 0.25) is 0 Å². The fourth-order valence-electron chi connectivity index (χ4n) is 5.97. The van der Waals surface area contributed by atoms with Gasteiger partial charge in [0.05, 0.1) is 48.8 Å². The van der Waals surface area contributed by atoms with Crippen LogP contribution in [0.15, 0.2) is 36.5 Å². The summed E-state index contributed by atoms with van der Waals surface area (Å²) >= 11 is 0. The van der Waals surface area contributed by atoms with Crippen molar-refractivity contribution in [3.05, 3.63) is 36.5 Å². The van der Waals surface area contributed by atoms with Crippen molar-refractivity contribution in [2.75, 3.05) is 6.61 Å². The fraction of sp³-hybridized carbons (Fsp3) is 0.759. The largest absolute Gasteiger partial charge is 0.386 e. The summed E-state index contributed by atoms with van der Waals surface area (Å²) < 4.78 is 24.2. The van der Waals surface area contributed by atoms with E-state index in [0.717, 1.165) is 63.5 Å². The van der Waals surface area contributed by atoms with E-state index >= 15 is 0 Å². The third-order valence-electron chi connectivity index (χ3n) is 8.26. The van der Waals surface area contributed by atoms with Gasteiger partial charge in [-0.25, -0.2) is 0 Å². The first-order chi connectivity index (χ1) is 16.8. The van der Waals surface area contributed by atoms with E-state index in [1.165, 1.54) is 11.6 Å². The lowest BCUT2D eigenvalue weighted by atomic mass is 9.87. The van der Waals surface area contributed by atoms with Crippen LogP contribution in [0.4, 0.5) is 0 Å². The zero-order valence-electron chi connectivity index (χ0n) is 21.5. The van der Waals surface area contributed by atoms with Crippen LogP contribution in [0.3, 0.4) is 0 Å². The van der Waals surface area contributed by atoms with Gasteiger partial charge in [0.25, 0.3) is 0 Å². The molecule has 4 fully saturated rings. The molecule has 4 rings (SSSR count). The molecule has 1 N–H and O–H groups in total. The third kappa shape index (κ3) is 7.14. The number of ether oxygens (including phenoxy) is 4. The summed E-state index contributed by atoms with van der Waals surface area (Å²) in [6, 6.07) is 0. The summed E-state index contributed by atoms with van der Waals surface area (Å²) in [4.78, 5) is 12.4. The number of allylic oxidation sites excluding steroid dienone is 1. The Morgan fingerprint density at radius 3 is 2.69 bits per heavy atom. The number of carbonyl (C=O) groups excluding carboxylic acids is 1. The number of rotatable bonds is 9. The molecule has 0 aliphatic carbocycles. The summed E-state index contributed by atoms with van der Waals surface area (Å²) in [6.45, 7) is 13.5. The lowest BCUT2D eigenvalue weighted by Crippen LogP contribution is -2.46. The molecule has 6 heteroatoms. The quantitative estimate of drug-likeness (QED) is 0.370. The molecular weight excluding hydrogens is 444 g/mol. The van der Waals surface area contributed by atoms with E-state index in [-0.39, 0.29) is 48.5 Å². The van der Waals surface area contributed by atoms with Crippen molar-refractivity contribution in [2.24, 2.45) is 5.92 Å². The number of carbonyl (C=O) groups is 1. The van der Waals surface area contributed by atoms with Gasteiger partial charge in [-0.1, -0.05) is 26.2 Å². The Morgan fingerprint density at radius 1 is 1.06 bits per heavy atom. The van der Waals surface area contributed by atoms with Gasteiger partial charge in [-0.15, -0.1) is 0 Å². The Bertz CT molecular complexity index is 776. The summed E-state index contributed by atoms with van der Waals surface area (Å²) in [7, 11) is 0. The van der Waals surface area contributed by atoms with Crippen molar-refractivity contribution in [1.82, 2.24) is 0 Å². The molecule has 0 bridgehead atoms. The van der Waals surface area contributed by atoms with E-state index in [4.69, 9.17) is 18.9 Å². The molecule has 0 aromatic carbocycles. The van der Waals surface area contributed by atoms with Gasteiger partial charge in [-0.3, -0.25) is 4.79 Å². The molecule has 35 heavy (non-hydrogen) atoms. The summed E-state index contributed by atoms with van der Waals surface area (Å²) in [5.41, 5.74) is 2.31. The number of hydrogen-bond acceptors (Lipinski definition) is 6. The molecule has 4 aliphatic rings. The van der Waals surface area contributed by atoms with Gasteiger partial charge in [-0.2, -0.15) is 0 Å². The van der Waals surface area contributed by atoms with Gasteiger partial charge in [-0.05, 0) is 87.9 Å². The van der Waals surface area contributed by atoms with Crippen LogP contribution in [0, 0.1) is 5.92 Å². The smallest absolute Gasteiger partial charge is 0.155 e. The molecule has 4 aliphatic heterocycles. The highest BCUT2D eigenvalue weighted by Crippen LogP contribution is 2.35. The maximum absolute atomic E-state index is 12.4. The standard InChI is InChI=1S/C29H44O6/c1-18-16-23(33-21(4)20(18)3)10-12-26-19(2)17-24(34-26)9-7-22(30)8-11-25(31)27-13-14-28-29(35-27)6-5-15-32-28/h8,11,18,21,23-29,31H,2-3,5-7,9-10,12-17H2,1,4H3/b11-8+/t18-,21-,23+,24+,25+,26+,27-,28-,29?/m1/s1. The fourth-order valence-corrected chi connectivity index (χ4v) is 5.97. The van der Waals surface area contributed by atoms with Crippen molar-refractivity contribution >= 4 is 5.78 Å². The molecule has 196 valence electrons. The van der Waals surface area contributed by atoms with Crippen molar-refractivity contribution < 1.29 is 28.8 Å². The molecule has 4 heterocycles. The Morgan fingerprint density at radius 2 is 1.89 bits per heavy atom. The minimum Gasteiger partial charge on any atom is -0.386 e. The first kappa shape index (κ1) is 26.7. The van der Waals surface area contributed by atoms with E-state index in [1.54, 1.807) is 6.08 Å². The van der Waals surface area contributed by atoms with Gasteiger partial charge < -0.3 is 24.1 Å². The average molecular weight is 489 g/mol. The van der Waals surface area contributed by atoms with Gasteiger partial charge in [0.15, 0.2) is 5.78 Å². The van der Waals surface area contributed by atoms with Crippen molar-refractivity contribution in [2.45, 2.75) is 127 Å². The zero-order chi connectivity index (χ0) is 24.9. The predicted molar refractivity (Wildman–Crippen MR) is 135 cm³/mol. The van der Waals surface area contributed by atoms with Crippen LogP contribution in [0.25, 0.3) is 0 Å². The Hall–Kier alpha value is -1.31. The second-order valence-electron chi connectivity index (χ2n) is 11.0. The maximum atomic E-state index is 12.4. The zero-order valence-corrected chi connectivity index (χ0v) is 21.5. The topological polar surface area (TPSA) is 74.2 Å². The van der Waals surface area contributed by atoms with E-state index in [0.29, 0.717) is 18.8 Å². The minimum atomic E-state index is -0.765. The van der Waals surface area contributed by atoms with Crippen LogP contribution in [0.5, 0.6) is 0 Å². The molecular formula is C29H44O6. The van der Waals surface area contributed by atoms with Crippen LogP contribution >= 0.6 is 0 Å². The summed E-state index contributed by atoms with van der Waals surface area (Å²) in [6.07, 6.45) is 11.1. The van der Waals surface area contributed by atoms with E-state index in [2.05, 4.69) is 27.0 Å². The lowest BCUT2D eigenvalue weighted by Gasteiger charge is -2.40. The van der Waals surface area contributed by atoms with Gasteiger partial charge in [0.2, 0.25) is 0 Å². The monoisotopic (exact) mass is 488 g/mol. The summed E-state index contributed by atoms with van der Waals surface area (Å²) in [5.74, 6) is 0.500. The lowest BCUT2D eigenvalue weighted by molar-refractivity contribution is -0.180. The van der Waals surface area contributed by atoms with Crippen LogP contribution in [-0.4, -0.2) is 66.3 Å². The second-order valence-corrected chi connectivity index (χ2v) is 11.0. The average Bonchev–Trinajstić information content (AvgIpc) is 3.22. The SMILES string of the molecule is C=C1C[C@H](CCC(=O)/C=C/[C@H](O)[C@H]2CC[C@H]3OCCCC3O2)O[C@H]1CC[C@H]1C[C@@H](C)C(=C)[C@@H](C)O1. The molecule has 9 atom stereocenters. The number of aliphatic hydroxyl groups excluding tert-OH is 1. The minimum absolute atomic E-state index is 0.00945. The van der Waals surface area contributed by atoms with Gasteiger partial charge in [0, 0.05) is 13.0 Å². The van der Waals surface area contributed by atoms with Crippen molar-refractivity contribution in [1.29, 1.82) is 0 Å². The molecule has 4 saturated heterocycles. The molecule has 6 nitrogen and oxygen atoms in total.